The fraction of sp³-hybridized carbons (Fsp3) is 0.308. The average Bonchev–Trinajstić information content (AvgIpc) is 2.63. The Morgan fingerprint density at radius 2 is 2.06 bits per heavy atom. The topological polar surface area (TPSA) is 38.9 Å². The number of benzene rings is 1. The van der Waals surface area contributed by atoms with Crippen molar-refractivity contribution in [2.45, 2.75) is 26.2 Å². The predicted octanol–water partition coefficient (Wildman–Crippen LogP) is 3.58. The molecule has 2 rings (SSSR count). The molecule has 0 spiro atoms. The lowest BCUT2D eigenvalue weighted by Crippen LogP contribution is -1.97. The first-order valence-electron chi connectivity index (χ1n) is 5.56. The van der Waals surface area contributed by atoms with E-state index in [1.165, 1.54) is 17.4 Å². The van der Waals surface area contributed by atoms with E-state index in [4.69, 9.17) is 5.73 Å². The van der Waals surface area contributed by atoms with Crippen LogP contribution in [0, 0.1) is 5.82 Å². The van der Waals surface area contributed by atoms with Crippen molar-refractivity contribution in [1.82, 2.24) is 4.98 Å². The molecule has 2 N–H and O–H groups in total. The van der Waals surface area contributed by atoms with Gasteiger partial charge in [0, 0.05) is 11.3 Å². The number of aromatic nitrogens is 1. The number of nitrogen functional groups attached to an aromatic ring is 1. The van der Waals surface area contributed by atoms with Crippen molar-refractivity contribution in [2.24, 2.45) is 0 Å². The van der Waals surface area contributed by atoms with Crippen LogP contribution < -0.4 is 5.73 Å². The zero-order valence-electron chi connectivity index (χ0n) is 9.90. The number of nitrogens with two attached hydrogens (primary N) is 1. The molecule has 2 nitrogen and oxygen atoms in total. The van der Waals surface area contributed by atoms with Crippen LogP contribution in [0.15, 0.2) is 24.3 Å². The maximum atomic E-state index is 13.6. The summed E-state index contributed by atoms with van der Waals surface area (Å²) in [6.45, 7) is 4.14. The molecule has 0 atom stereocenters. The maximum absolute atomic E-state index is 13.6. The molecule has 1 heterocycles. The Labute approximate surface area is 104 Å². The highest BCUT2D eigenvalue weighted by atomic mass is 32.1. The SMILES string of the molecule is CC(C)c1nc(N)sc1Cc1ccccc1F. The second-order valence-electron chi connectivity index (χ2n) is 4.28. The molecule has 0 amide bonds. The Morgan fingerprint density at radius 1 is 1.35 bits per heavy atom. The molecule has 0 bridgehead atoms. The van der Waals surface area contributed by atoms with Crippen LogP contribution >= 0.6 is 11.3 Å². The summed E-state index contributed by atoms with van der Waals surface area (Å²) in [7, 11) is 0. The summed E-state index contributed by atoms with van der Waals surface area (Å²) >= 11 is 1.45. The summed E-state index contributed by atoms with van der Waals surface area (Å²) in [5, 5.41) is 0.556. The molecule has 0 saturated carbocycles. The zero-order valence-corrected chi connectivity index (χ0v) is 10.7. The van der Waals surface area contributed by atoms with E-state index in [0.717, 1.165) is 10.6 Å². The van der Waals surface area contributed by atoms with E-state index in [1.54, 1.807) is 12.1 Å². The molecule has 17 heavy (non-hydrogen) atoms. The quantitative estimate of drug-likeness (QED) is 0.904. The third-order valence-electron chi connectivity index (χ3n) is 2.60. The first-order chi connectivity index (χ1) is 8.08. The van der Waals surface area contributed by atoms with Crippen molar-refractivity contribution in [3.05, 3.63) is 46.2 Å². The normalized spacial score (nSPS) is 11.1. The standard InChI is InChI=1S/C13H15FN2S/c1-8(2)12-11(17-13(15)16-12)7-9-5-3-4-6-10(9)14/h3-6,8H,7H2,1-2H3,(H2,15,16). The van der Waals surface area contributed by atoms with Crippen molar-refractivity contribution in [1.29, 1.82) is 0 Å². The van der Waals surface area contributed by atoms with Crippen LogP contribution in [0.25, 0.3) is 0 Å². The second kappa shape index (κ2) is 4.84. The van der Waals surface area contributed by atoms with Gasteiger partial charge in [-0.25, -0.2) is 9.37 Å². The zero-order chi connectivity index (χ0) is 12.4. The summed E-state index contributed by atoms with van der Waals surface area (Å²) < 4.78 is 13.6. The van der Waals surface area contributed by atoms with Crippen LogP contribution in [0.5, 0.6) is 0 Å². The number of halogens is 1. The van der Waals surface area contributed by atoms with Crippen LogP contribution in [0.4, 0.5) is 9.52 Å². The fourth-order valence-electron chi connectivity index (χ4n) is 1.77. The second-order valence-corrected chi connectivity index (χ2v) is 5.40. The first-order valence-corrected chi connectivity index (χ1v) is 6.38. The number of nitrogens with zero attached hydrogens (tertiary/aromatic N) is 1. The molecule has 0 radical (unpaired) electrons. The largest absolute Gasteiger partial charge is 0.375 e. The van der Waals surface area contributed by atoms with Gasteiger partial charge in [-0.2, -0.15) is 0 Å². The van der Waals surface area contributed by atoms with Crippen molar-refractivity contribution in [2.75, 3.05) is 5.73 Å². The van der Waals surface area contributed by atoms with Gasteiger partial charge in [-0.15, -0.1) is 11.3 Å². The Hall–Kier alpha value is -1.42. The monoisotopic (exact) mass is 250 g/mol. The summed E-state index contributed by atoms with van der Waals surface area (Å²) in [6.07, 6.45) is 0.565. The molecule has 0 fully saturated rings. The van der Waals surface area contributed by atoms with Crippen molar-refractivity contribution < 1.29 is 4.39 Å². The van der Waals surface area contributed by atoms with E-state index in [1.807, 2.05) is 6.07 Å². The molecular weight excluding hydrogens is 235 g/mol. The van der Waals surface area contributed by atoms with Crippen molar-refractivity contribution >= 4 is 16.5 Å². The van der Waals surface area contributed by atoms with E-state index in [-0.39, 0.29) is 5.82 Å². The highest BCUT2D eigenvalue weighted by Gasteiger charge is 2.14. The number of hydrogen-bond donors (Lipinski definition) is 1. The minimum Gasteiger partial charge on any atom is -0.375 e. The Bertz CT molecular complexity index is 520. The molecule has 0 unspecified atom stereocenters. The van der Waals surface area contributed by atoms with Gasteiger partial charge in [0.1, 0.15) is 5.82 Å². The molecule has 0 saturated heterocycles. The Balaban J connectivity index is 2.33. The van der Waals surface area contributed by atoms with E-state index < -0.39 is 0 Å². The lowest BCUT2D eigenvalue weighted by atomic mass is 10.0. The van der Waals surface area contributed by atoms with Gasteiger partial charge in [-0.1, -0.05) is 32.0 Å². The Kier molecular flexibility index (Phi) is 3.43. The molecule has 0 aliphatic heterocycles. The third-order valence-corrected chi connectivity index (χ3v) is 3.50. The molecule has 0 aliphatic carbocycles. The molecule has 90 valence electrons. The van der Waals surface area contributed by atoms with E-state index in [9.17, 15) is 4.39 Å². The minimum absolute atomic E-state index is 0.172. The van der Waals surface area contributed by atoms with Crippen LogP contribution in [-0.4, -0.2) is 4.98 Å². The number of thiazole rings is 1. The molecule has 2 aromatic rings. The van der Waals surface area contributed by atoms with Crippen LogP contribution in [-0.2, 0) is 6.42 Å². The van der Waals surface area contributed by atoms with Gasteiger partial charge in [0.25, 0.3) is 0 Å². The first kappa shape index (κ1) is 12.0. The van der Waals surface area contributed by atoms with Crippen molar-refractivity contribution in [3.8, 4) is 0 Å². The van der Waals surface area contributed by atoms with Gasteiger partial charge in [0.05, 0.1) is 5.69 Å². The van der Waals surface area contributed by atoms with Gasteiger partial charge in [-0.05, 0) is 17.5 Å². The summed E-state index contributed by atoms with van der Waals surface area (Å²) in [5.41, 5.74) is 7.40. The van der Waals surface area contributed by atoms with Crippen LogP contribution in [0.2, 0.25) is 0 Å². The minimum atomic E-state index is -0.172. The number of rotatable bonds is 3. The third kappa shape index (κ3) is 2.64. The predicted molar refractivity (Wildman–Crippen MR) is 69.8 cm³/mol. The van der Waals surface area contributed by atoms with Gasteiger partial charge in [0.2, 0.25) is 0 Å². The fourth-order valence-corrected chi connectivity index (χ4v) is 2.78. The van der Waals surface area contributed by atoms with E-state index >= 15 is 0 Å². The van der Waals surface area contributed by atoms with E-state index in [2.05, 4.69) is 18.8 Å². The summed E-state index contributed by atoms with van der Waals surface area (Å²) in [5.74, 6) is 0.138. The smallest absolute Gasteiger partial charge is 0.180 e. The molecular formula is C13H15FN2S. The summed E-state index contributed by atoms with van der Waals surface area (Å²) in [4.78, 5) is 5.37. The van der Waals surface area contributed by atoms with Gasteiger partial charge in [-0.3, -0.25) is 0 Å². The highest BCUT2D eigenvalue weighted by molar-refractivity contribution is 7.15. The lowest BCUT2D eigenvalue weighted by molar-refractivity contribution is 0.614. The number of hydrogen-bond acceptors (Lipinski definition) is 3. The van der Waals surface area contributed by atoms with Gasteiger partial charge < -0.3 is 5.73 Å². The van der Waals surface area contributed by atoms with Gasteiger partial charge >= 0.3 is 0 Å². The van der Waals surface area contributed by atoms with E-state index in [0.29, 0.717) is 23.0 Å². The molecule has 4 heteroatoms. The summed E-state index contributed by atoms with van der Waals surface area (Å²) in [6, 6.07) is 6.82. The molecule has 1 aromatic carbocycles. The molecule has 1 aromatic heterocycles. The van der Waals surface area contributed by atoms with Crippen LogP contribution in [0.3, 0.4) is 0 Å². The van der Waals surface area contributed by atoms with Crippen LogP contribution in [0.1, 0.15) is 35.9 Å². The Morgan fingerprint density at radius 3 is 2.71 bits per heavy atom. The van der Waals surface area contributed by atoms with Gasteiger partial charge in [0.15, 0.2) is 5.13 Å². The maximum Gasteiger partial charge on any atom is 0.180 e. The lowest BCUT2D eigenvalue weighted by Gasteiger charge is -2.05. The molecule has 0 aliphatic rings. The average molecular weight is 250 g/mol. The van der Waals surface area contributed by atoms with Crippen molar-refractivity contribution in [3.63, 3.8) is 0 Å². The number of anilines is 1. The highest BCUT2D eigenvalue weighted by Crippen LogP contribution is 2.29.